The van der Waals surface area contributed by atoms with Gasteiger partial charge >= 0.3 is 0 Å². The highest BCUT2D eigenvalue weighted by Gasteiger charge is 2.51. The molecule has 0 heterocycles. The molecular formula is C20H24O. The van der Waals surface area contributed by atoms with E-state index in [4.69, 9.17) is 0 Å². The van der Waals surface area contributed by atoms with Crippen LogP contribution in [0.15, 0.2) is 40.7 Å². The molecule has 2 saturated carbocycles. The molecule has 0 aromatic rings. The van der Waals surface area contributed by atoms with E-state index in [1.54, 1.807) is 11.1 Å². The summed E-state index contributed by atoms with van der Waals surface area (Å²) in [5.74, 6) is 1.89. The third-order valence-corrected chi connectivity index (χ3v) is 6.73. The molecule has 0 unspecified atom stereocenters. The molecule has 0 spiro atoms. The van der Waals surface area contributed by atoms with Gasteiger partial charge in [-0.25, -0.2) is 0 Å². The number of rotatable bonds is 0. The summed E-state index contributed by atoms with van der Waals surface area (Å²) in [6, 6.07) is 0. The van der Waals surface area contributed by atoms with Gasteiger partial charge in [-0.3, -0.25) is 4.79 Å². The summed E-state index contributed by atoms with van der Waals surface area (Å²) in [5.41, 5.74) is 9.75. The van der Waals surface area contributed by atoms with Gasteiger partial charge in [-0.05, 0) is 85.0 Å². The van der Waals surface area contributed by atoms with Crippen molar-refractivity contribution in [2.45, 2.75) is 58.3 Å². The summed E-state index contributed by atoms with van der Waals surface area (Å²) < 4.78 is 0. The van der Waals surface area contributed by atoms with Crippen LogP contribution in [0, 0.1) is 17.3 Å². The number of hydrogen-bond acceptors (Lipinski definition) is 1. The number of carbonyl (C=O) groups excluding carboxylic acids is 1. The van der Waals surface area contributed by atoms with Gasteiger partial charge in [0.2, 0.25) is 0 Å². The quantitative estimate of drug-likeness (QED) is 0.577. The van der Waals surface area contributed by atoms with E-state index in [1.807, 2.05) is 6.08 Å². The van der Waals surface area contributed by atoms with Gasteiger partial charge < -0.3 is 0 Å². The topological polar surface area (TPSA) is 17.1 Å². The highest BCUT2D eigenvalue weighted by molar-refractivity contribution is 5.93. The molecule has 1 nitrogen and oxygen atoms in total. The maximum Gasteiger partial charge on any atom is 0.156 e. The maximum atomic E-state index is 11.7. The van der Waals surface area contributed by atoms with Crippen LogP contribution in [0.1, 0.15) is 58.3 Å². The van der Waals surface area contributed by atoms with Gasteiger partial charge in [0.1, 0.15) is 0 Å². The fraction of sp³-hybridized carbons (Fsp3) is 0.600. The summed E-state index contributed by atoms with van der Waals surface area (Å²) in [5, 5.41) is 0. The number of hydrogen-bond donors (Lipinski definition) is 0. The molecule has 4 aliphatic carbocycles. The van der Waals surface area contributed by atoms with Gasteiger partial charge in [-0.1, -0.05) is 19.1 Å². The largest absolute Gasteiger partial charge is 0.295 e. The van der Waals surface area contributed by atoms with E-state index >= 15 is 0 Å². The average Bonchev–Trinajstić information content (AvgIpc) is 2.83. The van der Waals surface area contributed by atoms with Crippen molar-refractivity contribution in [3.63, 3.8) is 0 Å². The number of ketones is 1. The van der Waals surface area contributed by atoms with Crippen molar-refractivity contribution in [3.05, 3.63) is 40.7 Å². The Kier molecular flexibility index (Phi) is 2.91. The highest BCUT2D eigenvalue weighted by Crippen LogP contribution is 2.61. The summed E-state index contributed by atoms with van der Waals surface area (Å²) in [7, 11) is 0. The Labute approximate surface area is 127 Å². The molecule has 21 heavy (non-hydrogen) atoms. The molecule has 0 saturated heterocycles. The normalized spacial score (nSPS) is 38.4. The Hall–Kier alpha value is -1.33. The van der Waals surface area contributed by atoms with Crippen molar-refractivity contribution in [1.29, 1.82) is 0 Å². The van der Waals surface area contributed by atoms with Crippen molar-refractivity contribution >= 4 is 5.78 Å². The summed E-state index contributed by atoms with van der Waals surface area (Å²) in [6.07, 6.45) is 11.0. The Morgan fingerprint density at radius 2 is 2.05 bits per heavy atom. The summed E-state index contributed by atoms with van der Waals surface area (Å²) >= 11 is 0. The molecule has 2 fully saturated rings. The van der Waals surface area contributed by atoms with E-state index in [0.29, 0.717) is 11.2 Å². The van der Waals surface area contributed by atoms with Crippen LogP contribution in [0.3, 0.4) is 0 Å². The standard InChI is InChI=1S/C20H24O/c1-3-14-5-9-19-18-7-4-13-12-15(21)6-8-16(13)17(18)10-11-20(14,19)2/h12,18-19H,1,4-11H2,2H3/t18-,19+,20-/m1/s1. The fourth-order valence-electron chi connectivity index (χ4n) is 5.64. The molecular weight excluding hydrogens is 256 g/mol. The van der Waals surface area contributed by atoms with Crippen LogP contribution in [0.25, 0.3) is 0 Å². The van der Waals surface area contributed by atoms with E-state index in [1.165, 1.54) is 43.3 Å². The van der Waals surface area contributed by atoms with Gasteiger partial charge in [-0.15, -0.1) is 5.73 Å². The lowest BCUT2D eigenvalue weighted by molar-refractivity contribution is -0.114. The summed E-state index contributed by atoms with van der Waals surface area (Å²) in [6.45, 7) is 6.39. The van der Waals surface area contributed by atoms with Crippen LogP contribution in [-0.4, -0.2) is 5.78 Å². The molecule has 0 N–H and O–H groups in total. The van der Waals surface area contributed by atoms with Gasteiger partial charge in [0, 0.05) is 6.42 Å². The first-order valence-corrected chi connectivity index (χ1v) is 8.48. The van der Waals surface area contributed by atoms with E-state index in [9.17, 15) is 4.79 Å². The predicted molar refractivity (Wildman–Crippen MR) is 84.8 cm³/mol. The molecule has 4 rings (SSSR count). The first-order valence-electron chi connectivity index (χ1n) is 8.48. The lowest BCUT2D eigenvalue weighted by Gasteiger charge is -2.47. The minimum atomic E-state index is 0.339. The average molecular weight is 280 g/mol. The van der Waals surface area contributed by atoms with Crippen LogP contribution in [0.4, 0.5) is 0 Å². The maximum absolute atomic E-state index is 11.7. The van der Waals surface area contributed by atoms with Crippen LogP contribution in [0.5, 0.6) is 0 Å². The minimum Gasteiger partial charge on any atom is -0.295 e. The van der Waals surface area contributed by atoms with E-state index in [0.717, 1.165) is 31.1 Å². The first-order chi connectivity index (χ1) is 10.1. The zero-order valence-electron chi connectivity index (χ0n) is 13.0. The van der Waals surface area contributed by atoms with Crippen molar-refractivity contribution < 1.29 is 4.79 Å². The fourth-order valence-corrected chi connectivity index (χ4v) is 5.64. The number of fused-ring (bicyclic) bond motifs is 4. The molecule has 110 valence electrons. The lowest BCUT2D eigenvalue weighted by Crippen LogP contribution is -2.37. The zero-order valence-corrected chi connectivity index (χ0v) is 13.0. The van der Waals surface area contributed by atoms with Crippen LogP contribution < -0.4 is 0 Å². The Morgan fingerprint density at radius 1 is 1.19 bits per heavy atom. The van der Waals surface area contributed by atoms with E-state index < -0.39 is 0 Å². The number of allylic oxidation sites excluding steroid dienone is 5. The molecule has 0 amide bonds. The zero-order chi connectivity index (χ0) is 14.6. The van der Waals surface area contributed by atoms with E-state index in [-0.39, 0.29) is 0 Å². The molecule has 4 aliphatic rings. The van der Waals surface area contributed by atoms with Crippen molar-refractivity contribution in [2.24, 2.45) is 17.3 Å². The van der Waals surface area contributed by atoms with E-state index in [2.05, 4.69) is 19.2 Å². The van der Waals surface area contributed by atoms with Crippen LogP contribution in [0.2, 0.25) is 0 Å². The molecule has 0 aliphatic heterocycles. The third kappa shape index (κ3) is 1.80. The van der Waals surface area contributed by atoms with Gasteiger partial charge in [0.25, 0.3) is 0 Å². The Morgan fingerprint density at radius 3 is 2.86 bits per heavy atom. The van der Waals surface area contributed by atoms with Crippen molar-refractivity contribution in [1.82, 2.24) is 0 Å². The second-order valence-corrected chi connectivity index (χ2v) is 7.50. The van der Waals surface area contributed by atoms with Crippen molar-refractivity contribution in [3.8, 4) is 0 Å². The molecule has 1 heteroatoms. The Bertz CT molecular complexity index is 626. The smallest absolute Gasteiger partial charge is 0.156 e. The molecule has 0 bridgehead atoms. The monoisotopic (exact) mass is 280 g/mol. The Balaban J connectivity index is 1.76. The van der Waals surface area contributed by atoms with Gasteiger partial charge in [0.05, 0.1) is 0 Å². The summed E-state index contributed by atoms with van der Waals surface area (Å²) in [4.78, 5) is 11.7. The van der Waals surface area contributed by atoms with Crippen molar-refractivity contribution in [2.75, 3.05) is 0 Å². The number of carbonyl (C=O) groups is 1. The molecule has 0 aromatic heterocycles. The second-order valence-electron chi connectivity index (χ2n) is 7.50. The van der Waals surface area contributed by atoms with Crippen LogP contribution >= 0.6 is 0 Å². The third-order valence-electron chi connectivity index (χ3n) is 6.73. The SMILES string of the molecule is C=C=C1CC[C@H]2[C@@H]3CCC4=CC(=O)CCC4=C3CC[C@]12C. The first kappa shape index (κ1) is 13.3. The lowest BCUT2D eigenvalue weighted by atomic mass is 9.57. The minimum absolute atomic E-state index is 0.339. The molecule has 3 atom stereocenters. The molecule has 0 aromatic carbocycles. The molecule has 0 radical (unpaired) electrons. The second kappa shape index (κ2) is 4.58. The van der Waals surface area contributed by atoms with Gasteiger partial charge in [0.15, 0.2) is 5.78 Å². The van der Waals surface area contributed by atoms with Crippen LogP contribution in [-0.2, 0) is 4.79 Å². The van der Waals surface area contributed by atoms with Gasteiger partial charge in [-0.2, -0.15) is 0 Å². The predicted octanol–water partition coefficient (Wildman–Crippen LogP) is 4.90. The highest BCUT2D eigenvalue weighted by atomic mass is 16.1.